The van der Waals surface area contributed by atoms with E-state index >= 15 is 0 Å². The number of thiazole rings is 1. The van der Waals surface area contributed by atoms with Crippen molar-refractivity contribution in [3.63, 3.8) is 0 Å². The van der Waals surface area contributed by atoms with Crippen LogP contribution >= 0.6 is 11.3 Å². The van der Waals surface area contributed by atoms with Gasteiger partial charge in [0.15, 0.2) is 0 Å². The molecule has 0 amide bonds. The van der Waals surface area contributed by atoms with Crippen molar-refractivity contribution in [3.05, 3.63) is 45.9 Å². The fraction of sp³-hybridized carbons (Fsp3) is 0.231. The second kappa shape index (κ2) is 5.64. The predicted octanol–water partition coefficient (Wildman–Crippen LogP) is 2.33. The molecule has 0 atom stereocenters. The second-order valence-electron chi connectivity index (χ2n) is 4.04. The molecular weight excluding hydrogens is 248 g/mol. The largest absolute Gasteiger partial charge is 0.481 e. The quantitative estimate of drug-likeness (QED) is 0.811. The number of hydrogen-bond donors (Lipinski definition) is 2. The SMILES string of the molecule is Nc1ccc(Cc2nc(CCC(=O)O)cs2)cc1. The number of carboxylic acids is 1. The van der Waals surface area contributed by atoms with Gasteiger partial charge in [0.25, 0.3) is 0 Å². The van der Waals surface area contributed by atoms with E-state index in [0.717, 1.165) is 28.4 Å². The minimum atomic E-state index is -0.789. The Morgan fingerprint density at radius 1 is 1.33 bits per heavy atom. The van der Waals surface area contributed by atoms with Gasteiger partial charge in [-0.25, -0.2) is 4.98 Å². The standard InChI is InChI=1S/C13H14N2O2S/c14-10-3-1-9(2-4-10)7-12-15-11(8-18-12)5-6-13(16)17/h1-4,8H,5-7,14H2,(H,16,17). The molecule has 2 rings (SSSR count). The predicted molar refractivity (Wildman–Crippen MR) is 71.7 cm³/mol. The number of rotatable bonds is 5. The van der Waals surface area contributed by atoms with E-state index in [2.05, 4.69) is 4.98 Å². The van der Waals surface area contributed by atoms with Crippen molar-refractivity contribution in [1.82, 2.24) is 4.98 Å². The summed E-state index contributed by atoms with van der Waals surface area (Å²) < 4.78 is 0. The normalized spacial score (nSPS) is 10.4. The molecule has 4 nitrogen and oxygen atoms in total. The molecule has 0 fully saturated rings. The van der Waals surface area contributed by atoms with Crippen molar-refractivity contribution in [1.29, 1.82) is 0 Å². The first kappa shape index (κ1) is 12.6. The van der Waals surface area contributed by atoms with Crippen molar-refractivity contribution >= 4 is 23.0 Å². The Labute approximate surface area is 109 Å². The Kier molecular flexibility index (Phi) is 3.94. The molecule has 0 unspecified atom stereocenters. The summed E-state index contributed by atoms with van der Waals surface area (Å²) >= 11 is 1.56. The van der Waals surface area contributed by atoms with E-state index < -0.39 is 5.97 Å². The van der Waals surface area contributed by atoms with Crippen molar-refractivity contribution in [2.45, 2.75) is 19.3 Å². The number of nitrogens with two attached hydrogens (primary N) is 1. The number of carbonyl (C=O) groups is 1. The average molecular weight is 262 g/mol. The number of nitrogens with zero attached hydrogens (tertiary/aromatic N) is 1. The number of nitrogen functional groups attached to an aromatic ring is 1. The maximum absolute atomic E-state index is 10.5. The Morgan fingerprint density at radius 3 is 2.72 bits per heavy atom. The maximum Gasteiger partial charge on any atom is 0.303 e. The molecule has 5 heteroatoms. The van der Waals surface area contributed by atoms with Gasteiger partial charge in [0.2, 0.25) is 0 Å². The number of anilines is 1. The molecule has 0 aliphatic rings. The number of aromatic nitrogens is 1. The summed E-state index contributed by atoms with van der Waals surface area (Å²) in [7, 11) is 0. The summed E-state index contributed by atoms with van der Waals surface area (Å²) in [6.45, 7) is 0. The molecular formula is C13H14N2O2S. The number of aryl methyl sites for hydroxylation is 1. The molecule has 0 saturated carbocycles. The monoisotopic (exact) mass is 262 g/mol. The highest BCUT2D eigenvalue weighted by Crippen LogP contribution is 2.16. The first-order valence-corrected chi connectivity index (χ1v) is 6.51. The van der Waals surface area contributed by atoms with Gasteiger partial charge in [-0.1, -0.05) is 12.1 Å². The van der Waals surface area contributed by atoms with E-state index in [1.165, 1.54) is 0 Å². The molecule has 0 spiro atoms. The summed E-state index contributed by atoms with van der Waals surface area (Å²) in [5.74, 6) is -0.789. The smallest absolute Gasteiger partial charge is 0.303 e. The zero-order chi connectivity index (χ0) is 13.0. The van der Waals surface area contributed by atoms with Crippen LogP contribution in [0.5, 0.6) is 0 Å². The highest BCUT2D eigenvalue weighted by Gasteiger charge is 2.05. The van der Waals surface area contributed by atoms with Crippen LogP contribution < -0.4 is 5.73 Å². The molecule has 1 aromatic carbocycles. The van der Waals surface area contributed by atoms with Crippen molar-refractivity contribution in [3.8, 4) is 0 Å². The third-order valence-electron chi connectivity index (χ3n) is 2.53. The van der Waals surface area contributed by atoms with Gasteiger partial charge in [-0.2, -0.15) is 0 Å². The minimum absolute atomic E-state index is 0.130. The Hall–Kier alpha value is -1.88. The molecule has 3 N–H and O–H groups in total. The number of hydrogen-bond acceptors (Lipinski definition) is 4. The van der Waals surface area contributed by atoms with Crippen molar-refractivity contribution in [2.75, 3.05) is 5.73 Å². The third kappa shape index (κ3) is 3.56. The highest BCUT2D eigenvalue weighted by atomic mass is 32.1. The topological polar surface area (TPSA) is 76.2 Å². The van der Waals surface area contributed by atoms with Crippen LogP contribution in [0.25, 0.3) is 0 Å². The summed E-state index contributed by atoms with van der Waals surface area (Å²) in [5, 5.41) is 11.5. The Morgan fingerprint density at radius 2 is 2.06 bits per heavy atom. The maximum atomic E-state index is 10.5. The fourth-order valence-electron chi connectivity index (χ4n) is 1.59. The van der Waals surface area contributed by atoms with E-state index in [0.29, 0.717) is 6.42 Å². The van der Waals surface area contributed by atoms with Gasteiger partial charge in [-0.05, 0) is 17.7 Å². The van der Waals surface area contributed by atoms with Crippen LogP contribution in [0.4, 0.5) is 5.69 Å². The molecule has 0 aliphatic carbocycles. The lowest BCUT2D eigenvalue weighted by atomic mass is 10.1. The third-order valence-corrected chi connectivity index (χ3v) is 3.43. The van der Waals surface area contributed by atoms with E-state index in [4.69, 9.17) is 10.8 Å². The first-order valence-electron chi connectivity index (χ1n) is 5.63. The first-order chi connectivity index (χ1) is 8.63. The van der Waals surface area contributed by atoms with E-state index in [1.807, 2.05) is 29.6 Å². The average Bonchev–Trinajstić information content (AvgIpc) is 2.77. The van der Waals surface area contributed by atoms with Gasteiger partial charge < -0.3 is 10.8 Å². The number of carboxylic acid groups (broad SMARTS) is 1. The fourth-order valence-corrected chi connectivity index (χ4v) is 2.45. The van der Waals surface area contributed by atoms with Crippen molar-refractivity contribution < 1.29 is 9.90 Å². The van der Waals surface area contributed by atoms with Gasteiger partial charge in [0.05, 0.1) is 17.1 Å². The van der Waals surface area contributed by atoms with Crippen LogP contribution in [0.1, 0.15) is 22.7 Å². The minimum Gasteiger partial charge on any atom is -0.481 e. The lowest BCUT2D eigenvalue weighted by molar-refractivity contribution is -0.136. The summed E-state index contributed by atoms with van der Waals surface area (Å²) in [6.07, 6.45) is 1.39. The number of benzene rings is 1. The summed E-state index contributed by atoms with van der Waals surface area (Å²) in [5.41, 5.74) is 8.38. The van der Waals surface area contributed by atoms with Gasteiger partial charge in [-0.15, -0.1) is 11.3 Å². The Bertz CT molecular complexity index is 534. The molecule has 94 valence electrons. The van der Waals surface area contributed by atoms with Gasteiger partial charge in [0, 0.05) is 23.9 Å². The second-order valence-corrected chi connectivity index (χ2v) is 4.99. The molecule has 18 heavy (non-hydrogen) atoms. The van der Waals surface area contributed by atoms with Gasteiger partial charge >= 0.3 is 5.97 Å². The lowest BCUT2D eigenvalue weighted by Crippen LogP contribution is -1.98. The molecule has 0 saturated heterocycles. The van der Waals surface area contributed by atoms with Crippen LogP contribution in [-0.2, 0) is 17.6 Å². The molecule has 0 bridgehead atoms. The van der Waals surface area contributed by atoms with Crippen LogP contribution in [0, 0.1) is 0 Å². The van der Waals surface area contributed by atoms with E-state index in [1.54, 1.807) is 11.3 Å². The highest BCUT2D eigenvalue weighted by molar-refractivity contribution is 7.09. The van der Waals surface area contributed by atoms with Crippen molar-refractivity contribution in [2.24, 2.45) is 0 Å². The molecule has 0 aliphatic heterocycles. The van der Waals surface area contributed by atoms with Gasteiger partial charge in [0.1, 0.15) is 0 Å². The molecule has 0 radical (unpaired) electrons. The zero-order valence-corrected chi connectivity index (χ0v) is 10.6. The molecule has 1 aromatic heterocycles. The Balaban J connectivity index is 1.97. The van der Waals surface area contributed by atoms with Crippen LogP contribution in [-0.4, -0.2) is 16.1 Å². The van der Waals surface area contributed by atoms with Crippen LogP contribution in [0.15, 0.2) is 29.6 Å². The van der Waals surface area contributed by atoms with E-state index in [-0.39, 0.29) is 6.42 Å². The lowest BCUT2D eigenvalue weighted by Gasteiger charge is -1.98. The molecule has 2 aromatic rings. The van der Waals surface area contributed by atoms with Gasteiger partial charge in [-0.3, -0.25) is 4.79 Å². The summed E-state index contributed by atoms with van der Waals surface area (Å²) in [4.78, 5) is 14.9. The number of aliphatic carboxylic acids is 1. The van der Waals surface area contributed by atoms with Crippen LogP contribution in [0.2, 0.25) is 0 Å². The van der Waals surface area contributed by atoms with Crippen LogP contribution in [0.3, 0.4) is 0 Å². The zero-order valence-electron chi connectivity index (χ0n) is 9.80. The molecule has 1 heterocycles. The van der Waals surface area contributed by atoms with E-state index in [9.17, 15) is 4.79 Å². The summed E-state index contributed by atoms with van der Waals surface area (Å²) in [6, 6.07) is 7.70.